The smallest absolute Gasteiger partial charge is 0.244 e. The summed E-state index contributed by atoms with van der Waals surface area (Å²) in [5.41, 5.74) is 0. The van der Waals surface area contributed by atoms with Crippen LogP contribution in [0.5, 0.6) is 0 Å². The van der Waals surface area contributed by atoms with Crippen LogP contribution in [0.4, 0.5) is 0 Å². The van der Waals surface area contributed by atoms with Gasteiger partial charge in [0.25, 0.3) is 0 Å². The highest BCUT2D eigenvalue weighted by Gasteiger charge is 2.20. The first-order valence-corrected chi connectivity index (χ1v) is 3.80. The molecule has 0 aromatic carbocycles. The maximum absolute atomic E-state index is 10.4. The third kappa shape index (κ3) is 1.10. The van der Waals surface area contributed by atoms with Crippen LogP contribution < -0.4 is 5.32 Å². The van der Waals surface area contributed by atoms with E-state index in [2.05, 4.69) is 21.2 Å². The van der Waals surface area contributed by atoms with Crippen molar-refractivity contribution < 1.29 is 4.79 Å². The molecule has 0 aromatic rings. The molecule has 0 spiro atoms. The first kappa shape index (κ1) is 5.44. The Morgan fingerprint density at radius 3 is 2.86 bits per heavy atom. The molecular formula is C3H4BrNOS. The van der Waals surface area contributed by atoms with E-state index in [0.29, 0.717) is 0 Å². The topological polar surface area (TPSA) is 29.1 Å². The van der Waals surface area contributed by atoms with Crippen molar-refractivity contribution >= 4 is 33.6 Å². The largest absolute Gasteiger partial charge is 0.345 e. The van der Waals surface area contributed by atoms with Gasteiger partial charge in [-0.2, -0.15) is 0 Å². The van der Waals surface area contributed by atoms with Gasteiger partial charge in [0.1, 0.15) is 4.16 Å². The molecule has 1 atom stereocenters. The Morgan fingerprint density at radius 1 is 2.00 bits per heavy atom. The number of amides is 1. The molecule has 0 radical (unpaired) electrons. The molecule has 1 rings (SSSR count). The maximum Gasteiger partial charge on any atom is 0.244 e. The highest BCUT2D eigenvalue weighted by atomic mass is 79.9. The minimum atomic E-state index is -0.00694. The number of alkyl halides is 1. The van der Waals surface area contributed by atoms with E-state index in [9.17, 15) is 4.79 Å². The number of nitrogens with one attached hydrogen (secondary N) is 1. The van der Waals surface area contributed by atoms with Gasteiger partial charge in [-0.15, -0.1) is 11.8 Å². The molecule has 1 amide bonds. The molecule has 0 bridgehead atoms. The van der Waals surface area contributed by atoms with E-state index < -0.39 is 0 Å². The van der Waals surface area contributed by atoms with Crippen molar-refractivity contribution in [3.05, 3.63) is 0 Å². The third-order valence-corrected chi connectivity index (χ3v) is 2.71. The standard InChI is InChI=1S/C3H4BrNOS/c4-2-3(6)5-1-7-2/h2H,1H2,(H,5,6). The summed E-state index contributed by atoms with van der Waals surface area (Å²) in [6.45, 7) is 0. The first-order valence-electron chi connectivity index (χ1n) is 1.84. The highest BCUT2D eigenvalue weighted by molar-refractivity contribution is 9.11. The molecular weight excluding hydrogens is 178 g/mol. The van der Waals surface area contributed by atoms with Crippen LogP contribution in [0.1, 0.15) is 0 Å². The Labute approximate surface area is 54.2 Å². The molecule has 1 N–H and O–H groups in total. The molecule has 1 aliphatic heterocycles. The van der Waals surface area contributed by atoms with E-state index in [1.54, 1.807) is 11.8 Å². The summed E-state index contributed by atoms with van der Waals surface area (Å²) in [6.07, 6.45) is 0. The van der Waals surface area contributed by atoms with Crippen LogP contribution in [0, 0.1) is 0 Å². The average Bonchev–Trinajstić information content (AvgIpc) is 1.91. The van der Waals surface area contributed by atoms with Gasteiger partial charge in [0.2, 0.25) is 5.91 Å². The molecule has 1 unspecified atom stereocenters. The summed E-state index contributed by atoms with van der Waals surface area (Å²) >= 11 is 4.72. The molecule has 2 nitrogen and oxygen atoms in total. The lowest BCUT2D eigenvalue weighted by atomic mass is 10.7. The van der Waals surface area contributed by atoms with Crippen molar-refractivity contribution in [3.63, 3.8) is 0 Å². The zero-order chi connectivity index (χ0) is 5.28. The van der Waals surface area contributed by atoms with Crippen molar-refractivity contribution in [1.82, 2.24) is 5.32 Å². The van der Waals surface area contributed by atoms with Crippen molar-refractivity contribution in [1.29, 1.82) is 0 Å². The Hall–Kier alpha value is 0.300. The highest BCUT2D eigenvalue weighted by Crippen LogP contribution is 2.20. The second kappa shape index (κ2) is 2.05. The van der Waals surface area contributed by atoms with Gasteiger partial charge < -0.3 is 5.32 Å². The molecule has 0 aliphatic carbocycles. The molecule has 1 heterocycles. The summed E-state index contributed by atoms with van der Waals surface area (Å²) in [6, 6.07) is 0. The van der Waals surface area contributed by atoms with E-state index in [4.69, 9.17) is 0 Å². The minimum Gasteiger partial charge on any atom is -0.345 e. The summed E-state index contributed by atoms with van der Waals surface area (Å²) in [4.78, 5) is 10.4. The van der Waals surface area contributed by atoms with Crippen LogP contribution >= 0.6 is 27.7 Å². The SMILES string of the molecule is O=C1NCSC1Br. The zero-order valence-electron chi connectivity index (χ0n) is 3.48. The van der Waals surface area contributed by atoms with Gasteiger partial charge in [0.05, 0.1) is 5.88 Å². The van der Waals surface area contributed by atoms with Gasteiger partial charge in [0, 0.05) is 0 Å². The summed E-state index contributed by atoms with van der Waals surface area (Å²) in [5.74, 6) is 0.833. The summed E-state index contributed by atoms with van der Waals surface area (Å²) in [5, 5.41) is 2.65. The lowest BCUT2D eigenvalue weighted by Crippen LogP contribution is -2.18. The molecule has 1 fully saturated rings. The Kier molecular flexibility index (Phi) is 1.59. The van der Waals surface area contributed by atoms with E-state index in [-0.39, 0.29) is 10.1 Å². The lowest BCUT2D eigenvalue weighted by Gasteiger charge is -1.86. The second-order valence-corrected chi connectivity index (χ2v) is 3.78. The van der Waals surface area contributed by atoms with Crippen LogP contribution in [0.15, 0.2) is 0 Å². The average molecular weight is 182 g/mol. The van der Waals surface area contributed by atoms with E-state index in [1.807, 2.05) is 0 Å². The van der Waals surface area contributed by atoms with Gasteiger partial charge in [-0.25, -0.2) is 0 Å². The number of hydrogen-bond donors (Lipinski definition) is 1. The van der Waals surface area contributed by atoms with Gasteiger partial charge in [-0.05, 0) is 0 Å². The third-order valence-electron chi connectivity index (χ3n) is 0.682. The van der Waals surface area contributed by atoms with E-state index in [1.165, 1.54) is 0 Å². The van der Waals surface area contributed by atoms with Crippen molar-refractivity contribution in [2.45, 2.75) is 4.16 Å². The zero-order valence-corrected chi connectivity index (χ0v) is 5.88. The lowest BCUT2D eigenvalue weighted by molar-refractivity contribution is -0.118. The molecule has 4 heteroatoms. The van der Waals surface area contributed by atoms with Crippen molar-refractivity contribution in [2.75, 3.05) is 5.88 Å². The fourth-order valence-electron chi connectivity index (χ4n) is 0.342. The Bertz CT molecular complexity index is 96.9. The van der Waals surface area contributed by atoms with Gasteiger partial charge in [-0.3, -0.25) is 4.79 Å². The van der Waals surface area contributed by atoms with Crippen LogP contribution in [0.25, 0.3) is 0 Å². The molecule has 1 aliphatic rings. The van der Waals surface area contributed by atoms with Crippen molar-refractivity contribution in [3.8, 4) is 0 Å². The number of thioether (sulfide) groups is 1. The second-order valence-electron chi connectivity index (χ2n) is 1.17. The fourth-order valence-corrected chi connectivity index (χ4v) is 1.51. The monoisotopic (exact) mass is 181 g/mol. The Morgan fingerprint density at radius 2 is 2.71 bits per heavy atom. The maximum atomic E-state index is 10.4. The van der Waals surface area contributed by atoms with E-state index >= 15 is 0 Å². The number of carbonyl (C=O) groups excluding carboxylic acids is 1. The fraction of sp³-hybridized carbons (Fsp3) is 0.667. The predicted molar refractivity (Wildman–Crippen MR) is 33.3 cm³/mol. The van der Waals surface area contributed by atoms with Crippen LogP contribution in [-0.4, -0.2) is 15.9 Å². The summed E-state index contributed by atoms with van der Waals surface area (Å²) in [7, 11) is 0. The Balaban J connectivity index is 2.48. The number of halogens is 1. The minimum absolute atomic E-state index is 0.00694. The molecule has 1 saturated heterocycles. The van der Waals surface area contributed by atoms with E-state index in [0.717, 1.165) is 5.88 Å². The number of carbonyl (C=O) groups is 1. The normalized spacial score (nSPS) is 30.4. The van der Waals surface area contributed by atoms with Crippen LogP contribution in [0.3, 0.4) is 0 Å². The molecule has 40 valence electrons. The summed E-state index contributed by atoms with van der Waals surface area (Å²) < 4.78 is -0.00694. The number of hydrogen-bond acceptors (Lipinski definition) is 2. The van der Waals surface area contributed by atoms with Gasteiger partial charge in [-0.1, -0.05) is 15.9 Å². The number of rotatable bonds is 0. The predicted octanol–water partition coefficient (Wildman–Crippen LogP) is 0.528. The van der Waals surface area contributed by atoms with Gasteiger partial charge in [0.15, 0.2) is 0 Å². The van der Waals surface area contributed by atoms with Crippen LogP contribution in [0.2, 0.25) is 0 Å². The van der Waals surface area contributed by atoms with Crippen molar-refractivity contribution in [2.24, 2.45) is 0 Å². The molecule has 0 aromatic heterocycles. The molecule has 0 saturated carbocycles. The van der Waals surface area contributed by atoms with Gasteiger partial charge >= 0.3 is 0 Å². The first-order chi connectivity index (χ1) is 3.30. The quantitative estimate of drug-likeness (QED) is 0.553. The molecule has 7 heavy (non-hydrogen) atoms. The van der Waals surface area contributed by atoms with Crippen LogP contribution in [-0.2, 0) is 4.79 Å².